The van der Waals surface area contributed by atoms with Crippen LogP contribution in [0.3, 0.4) is 0 Å². The largest absolute Gasteiger partial charge is 0.382 e. The lowest BCUT2D eigenvalue weighted by atomic mass is 10.1. The van der Waals surface area contributed by atoms with Gasteiger partial charge in [0.2, 0.25) is 0 Å². The second-order valence-corrected chi connectivity index (χ2v) is 6.26. The van der Waals surface area contributed by atoms with Crippen LogP contribution in [0.1, 0.15) is 32.3 Å². The molecule has 2 nitrogen and oxygen atoms in total. The number of anilines is 1. The van der Waals surface area contributed by atoms with Gasteiger partial charge in [-0.25, -0.2) is 0 Å². The summed E-state index contributed by atoms with van der Waals surface area (Å²) in [6.45, 7) is 7.31. The predicted octanol–water partition coefficient (Wildman–Crippen LogP) is 4.13. The topological polar surface area (TPSA) is 21.3 Å². The van der Waals surface area contributed by atoms with E-state index >= 15 is 0 Å². The van der Waals surface area contributed by atoms with E-state index in [1.165, 1.54) is 5.56 Å². The van der Waals surface area contributed by atoms with Gasteiger partial charge in [0.05, 0.1) is 11.7 Å². The Bertz CT molecular complexity index is 403. The lowest BCUT2D eigenvalue weighted by Gasteiger charge is -2.20. The van der Waals surface area contributed by atoms with Crippen LogP contribution in [0, 0.1) is 6.92 Å². The van der Waals surface area contributed by atoms with Crippen LogP contribution >= 0.6 is 15.9 Å². The number of halogens is 1. The fraction of sp³-hybridized carbons (Fsp3) is 0.571. The first-order chi connectivity index (χ1) is 7.96. The van der Waals surface area contributed by atoms with Gasteiger partial charge in [0.1, 0.15) is 0 Å². The van der Waals surface area contributed by atoms with Crippen LogP contribution in [0.4, 0.5) is 5.69 Å². The molecule has 1 aliphatic rings. The van der Waals surface area contributed by atoms with Crippen molar-refractivity contribution in [2.75, 3.05) is 11.9 Å². The summed E-state index contributed by atoms with van der Waals surface area (Å²) in [5, 5.41) is 3.46. The summed E-state index contributed by atoms with van der Waals surface area (Å²) >= 11 is 3.56. The minimum atomic E-state index is 0.0518. The standard InChI is InChI=1S/C14H20BrNO/c1-10-4-5-12(15)13(8-10)16-9-11-6-7-14(2,3)17-11/h4-5,8,11,16H,6-7,9H2,1-3H3. The highest BCUT2D eigenvalue weighted by Crippen LogP contribution is 2.30. The predicted molar refractivity (Wildman–Crippen MR) is 75.6 cm³/mol. The van der Waals surface area contributed by atoms with E-state index in [1.807, 2.05) is 0 Å². The molecule has 0 saturated carbocycles. The van der Waals surface area contributed by atoms with Crippen LogP contribution in [0.25, 0.3) is 0 Å². The van der Waals surface area contributed by atoms with E-state index in [0.29, 0.717) is 6.10 Å². The van der Waals surface area contributed by atoms with Gasteiger partial charge >= 0.3 is 0 Å². The molecule has 1 atom stereocenters. The number of hydrogen-bond donors (Lipinski definition) is 1. The van der Waals surface area contributed by atoms with Crippen molar-refractivity contribution in [3.63, 3.8) is 0 Å². The molecule has 2 rings (SSSR count). The number of aryl methyl sites for hydroxylation is 1. The average molecular weight is 298 g/mol. The fourth-order valence-corrected chi connectivity index (χ4v) is 2.61. The fourth-order valence-electron chi connectivity index (χ4n) is 2.22. The summed E-state index contributed by atoms with van der Waals surface area (Å²) in [6.07, 6.45) is 2.62. The molecule has 94 valence electrons. The maximum absolute atomic E-state index is 5.96. The van der Waals surface area contributed by atoms with Crippen molar-refractivity contribution >= 4 is 21.6 Å². The maximum atomic E-state index is 5.96. The van der Waals surface area contributed by atoms with Crippen LogP contribution in [0.15, 0.2) is 22.7 Å². The Balaban J connectivity index is 1.92. The Morgan fingerprint density at radius 3 is 2.88 bits per heavy atom. The van der Waals surface area contributed by atoms with Crippen molar-refractivity contribution in [1.82, 2.24) is 0 Å². The SMILES string of the molecule is Cc1ccc(Br)c(NCC2CCC(C)(C)O2)c1. The van der Waals surface area contributed by atoms with Crippen LogP contribution in [0.2, 0.25) is 0 Å². The molecular weight excluding hydrogens is 278 g/mol. The van der Waals surface area contributed by atoms with E-state index in [4.69, 9.17) is 4.74 Å². The van der Waals surface area contributed by atoms with Gasteiger partial charge in [-0.3, -0.25) is 0 Å². The molecule has 0 bridgehead atoms. The normalized spacial score (nSPS) is 22.7. The first-order valence-corrected chi connectivity index (χ1v) is 6.93. The number of benzene rings is 1. The third kappa shape index (κ3) is 3.46. The van der Waals surface area contributed by atoms with Crippen LogP contribution < -0.4 is 5.32 Å². The third-order valence-electron chi connectivity index (χ3n) is 3.20. The van der Waals surface area contributed by atoms with E-state index in [1.54, 1.807) is 0 Å². The molecule has 1 N–H and O–H groups in total. The first-order valence-electron chi connectivity index (χ1n) is 6.14. The molecular formula is C14H20BrNO. The quantitative estimate of drug-likeness (QED) is 0.906. The van der Waals surface area contributed by atoms with Gasteiger partial charge in [0, 0.05) is 16.7 Å². The zero-order valence-corrected chi connectivity index (χ0v) is 12.3. The summed E-state index contributed by atoms with van der Waals surface area (Å²) in [5.74, 6) is 0. The Hall–Kier alpha value is -0.540. The summed E-state index contributed by atoms with van der Waals surface area (Å²) in [4.78, 5) is 0. The molecule has 1 saturated heterocycles. The third-order valence-corrected chi connectivity index (χ3v) is 3.89. The molecule has 1 fully saturated rings. The van der Waals surface area contributed by atoms with Gasteiger partial charge in [0.25, 0.3) is 0 Å². The van der Waals surface area contributed by atoms with Gasteiger partial charge in [-0.15, -0.1) is 0 Å². The van der Waals surface area contributed by atoms with Crippen molar-refractivity contribution < 1.29 is 4.74 Å². The summed E-state index contributed by atoms with van der Waals surface area (Å²) < 4.78 is 7.07. The van der Waals surface area contributed by atoms with Gasteiger partial charge in [-0.05, 0) is 67.2 Å². The molecule has 0 aromatic heterocycles. The maximum Gasteiger partial charge on any atom is 0.0755 e. The second-order valence-electron chi connectivity index (χ2n) is 5.40. The summed E-state index contributed by atoms with van der Waals surface area (Å²) in [6, 6.07) is 6.34. The van der Waals surface area contributed by atoms with E-state index < -0.39 is 0 Å². The smallest absolute Gasteiger partial charge is 0.0755 e. The minimum absolute atomic E-state index is 0.0518. The zero-order chi connectivity index (χ0) is 12.5. The molecule has 1 aromatic rings. The average Bonchev–Trinajstić information content (AvgIpc) is 2.60. The molecule has 1 unspecified atom stereocenters. The Kier molecular flexibility index (Phi) is 3.79. The van der Waals surface area contributed by atoms with E-state index in [9.17, 15) is 0 Å². The van der Waals surface area contributed by atoms with Gasteiger partial charge in [0.15, 0.2) is 0 Å². The van der Waals surface area contributed by atoms with Crippen molar-refractivity contribution in [3.8, 4) is 0 Å². The molecule has 0 spiro atoms. The minimum Gasteiger partial charge on any atom is -0.382 e. The number of ether oxygens (including phenoxy) is 1. The lowest BCUT2D eigenvalue weighted by molar-refractivity contribution is -0.00911. The second kappa shape index (κ2) is 4.99. The number of rotatable bonds is 3. The van der Waals surface area contributed by atoms with Gasteiger partial charge < -0.3 is 10.1 Å². The van der Waals surface area contributed by atoms with Crippen molar-refractivity contribution in [2.45, 2.75) is 45.3 Å². The summed E-state index contributed by atoms with van der Waals surface area (Å²) in [7, 11) is 0. The van der Waals surface area contributed by atoms with Gasteiger partial charge in [-0.2, -0.15) is 0 Å². The highest BCUT2D eigenvalue weighted by atomic mass is 79.9. The van der Waals surface area contributed by atoms with E-state index in [-0.39, 0.29) is 5.60 Å². The van der Waals surface area contributed by atoms with Crippen molar-refractivity contribution in [1.29, 1.82) is 0 Å². The van der Waals surface area contributed by atoms with Crippen LogP contribution in [-0.2, 0) is 4.74 Å². The van der Waals surface area contributed by atoms with Gasteiger partial charge in [-0.1, -0.05) is 6.07 Å². The molecule has 1 aliphatic heterocycles. The van der Waals surface area contributed by atoms with Crippen molar-refractivity contribution in [3.05, 3.63) is 28.2 Å². The molecule has 17 heavy (non-hydrogen) atoms. The van der Waals surface area contributed by atoms with Crippen LogP contribution in [0.5, 0.6) is 0 Å². The number of nitrogens with one attached hydrogen (secondary N) is 1. The van der Waals surface area contributed by atoms with E-state index in [0.717, 1.165) is 29.5 Å². The number of hydrogen-bond acceptors (Lipinski definition) is 2. The molecule has 0 aliphatic carbocycles. The highest BCUT2D eigenvalue weighted by Gasteiger charge is 2.31. The molecule has 1 aromatic carbocycles. The Morgan fingerprint density at radius 2 is 2.24 bits per heavy atom. The lowest BCUT2D eigenvalue weighted by Crippen LogP contribution is -2.24. The zero-order valence-electron chi connectivity index (χ0n) is 10.7. The van der Waals surface area contributed by atoms with Crippen LogP contribution in [-0.4, -0.2) is 18.2 Å². The Labute approximate surface area is 112 Å². The monoisotopic (exact) mass is 297 g/mol. The molecule has 0 amide bonds. The highest BCUT2D eigenvalue weighted by molar-refractivity contribution is 9.10. The van der Waals surface area contributed by atoms with Crippen molar-refractivity contribution in [2.24, 2.45) is 0 Å². The van der Waals surface area contributed by atoms with E-state index in [2.05, 4.69) is 60.2 Å². The first kappa shape index (κ1) is 12.9. The molecule has 1 heterocycles. The molecule has 3 heteroatoms. The Morgan fingerprint density at radius 1 is 1.47 bits per heavy atom. The molecule has 0 radical (unpaired) electrons. The summed E-state index contributed by atoms with van der Waals surface area (Å²) in [5.41, 5.74) is 2.47.